The smallest absolute Gasteiger partial charge is 0.328 e. The van der Waals surface area contributed by atoms with Crippen molar-refractivity contribution in [2.24, 2.45) is 22.7 Å². The van der Waals surface area contributed by atoms with Crippen LogP contribution in [0.3, 0.4) is 0 Å². The van der Waals surface area contributed by atoms with Gasteiger partial charge in [0.2, 0.25) is 11.8 Å². The third-order valence-electron chi connectivity index (χ3n) is 9.33. The van der Waals surface area contributed by atoms with Gasteiger partial charge in [-0.2, -0.15) is 0 Å². The molecular formula is C28H40N2O6. The van der Waals surface area contributed by atoms with Crippen LogP contribution in [-0.4, -0.2) is 58.1 Å². The second-order valence-electron chi connectivity index (χ2n) is 11.7. The fraction of sp³-hybridized carbons (Fsp3) is 0.679. The number of phenolic OH excluding ortho intramolecular Hbond substituents is 2. The highest BCUT2D eigenvalue weighted by atomic mass is 16.5. The molecule has 8 nitrogen and oxygen atoms in total. The van der Waals surface area contributed by atoms with Crippen LogP contribution in [0.5, 0.6) is 11.5 Å². The monoisotopic (exact) mass is 500 g/mol. The number of rotatable bonds is 9. The summed E-state index contributed by atoms with van der Waals surface area (Å²) in [4.78, 5) is 39.8. The van der Waals surface area contributed by atoms with E-state index in [1.165, 1.54) is 25.0 Å². The first-order valence-electron chi connectivity index (χ1n) is 13.2. The van der Waals surface area contributed by atoms with Crippen molar-refractivity contribution < 1.29 is 29.3 Å². The number of phenols is 2. The van der Waals surface area contributed by atoms with Crippen LogP contribution < -0.4 is 5.32 Å². The molecule has 0 spiro atoms. The van der Waals surface area contributed by atoms with Gasteiger partial charge in [-0.15, -0.1) is 0 Å². The van der Waals surface area contributed by atoms with Gasteiger partial charge < -0.3 is 25.2 Å². The highest BCUT2D eigenvalue weighted by Crippen LogP contribution is 2.78. The van der Waals surface area contributed by atoms with Gasteiger partial charge in [-0.05, 0) is 85.8 Å². The molecule has 1 heterocycles. The van der Waals surface area contributed by atoms with Gasteiger partial charge in [-0.25, -0.2) is 4.79 Å². The summed E-state index contributed by atoms with van der Waals surface area (Å²) in [5.74, 6) is -0.0691. The molecule has 2 saturated carbocycles. The van der Waals surface area contributed by atoms with Crippen molar-refractivity contribution in [1.29, 1.82) is 0 Å². The number of hydrogen-bond donors (Lipinski definition) is 3. The van der Waals surface area contributed by atoms with E-state index in [9.17, 15) is 24.6 Å². The number of benzene rings is 1. The van der Waals surface area contributed by atoms with Crippen LogP contribution in [0.2, 0.25) is 0 Å². The summed E-state index contributed by atoms with van der Waals surface area (Å²) in [6.07, 6.45) is 5.11. The van der Waals surface area contributed by atoms with E-state index in [0.717, 1.165) is 12.8 Å². The predicted octanol–water partition coefficient (Wildman–Crippen LogP) is 3.53. The average molecular weight is 501 g/mol. The molecule has 3 fully saturated rings. The highest BCUT2D eigenvalue weighted by molar-refractivity contribution is 5.91. The minimum atomic E-state index is -0.757. The lowest BCUT2D eigenvalue weighted by Crippen LogP contribution is -2.50. The maximum atomic E-state index is 13.0. The molecule has 0 bridgehead atoms. The maximum absolute atomic E-state index is 13.0. The van der Waals surface area contributed by atoms with Crippen molar-refractivity contribution in [3.8, 4) is 11.5 Å². The van der Waals surface area contributed by atoms with Gasteiger partial charge in [0.25, 0.3) is 0 Å². The Hall–Kier alpha value is -2.77. The molecule has 1 aromatic rings. The number of likely N-dealkylation sites (tertiary alicyclic amines) is 1. The van der Waals surface area contributed by atoms with Crippen molar-refractivity contribution in [3.63, 3.8) is 0 Å². The molecule has 8 heteroatoms. The molecule has 36 heavy (non-hydrogen) atoms. The fourth-order valence-corrected chi connectivity index (χ4v) is 6.96. The third-order valence-corrected chi connectivity index (χ3v) is 9.33. The average Bonchev–Trinajstić information content (AvgIpc) is 3.25. The van der Waals surface area contributed by atoms with Crippen LogP contribution >= 0.6 is 0 Å². The van der Waals surface area contributed by atoms with Gasteiger partial charge >= 0.3 is 5.97 Å². The van der Waals surface area contributed by atoms with E-state index >= 15 is 0 Å². The summed E-state index contributed by atoms with van der Waals surface area (Å²) in [7, 11) is 0. The van der Waals surface area contributed by atoms with E-state index < -0.39 is 12.1 Å². The Morgan fingerprint density at radius 1 is 1.17 bits per heavy atom. The number of ether oxygens (including phenoxy) is 1. The molecule has 4 rings (SSSR count). The van der Waals surface area contributed by atoms with Crippen molar-refractivity contribution in [3.05, 3.63) is 23.8 Å². The highest BCUT2D eigenvalue weighted by Gasteiger charge is 2.72. The quantitative estimate of drug-likeness (QED) is 0.353. The number of amides is 2. The zero-order chi connectivity index (χ0) is 26.3. The number of carbonyl (C=O) groups is 3. The third kappa shape index (κ3) is 4.91. The lowest BCUT2D eigenvalue weighted by molar-refractivity contribution is -0.154. The number of hydrogen-bond acceptors (Lipinski definition) is 6. The molecule has 0 radical (unpaired) electrons. The Bertz CT molecular complexity index is 1020. The Balaban J connectivity index is 1.21. The summed E-state index contributed by atoms with van der Waals surface area (Å²) in [5, 5.41) is 21.7. The number of esters is 1. The number of nitrogens with zero attached hydrogens (tertiary/aromatic N) is 1. The summed E-state index contributed by atoms with van der Waals surface area (Å²) < 4.78 is 5.64. The Labute approximate surface area is 213 Å². The largest absolute Gasteiger partial charge is 0.504 e. The molecule has 2 amide bonds. The van der Waals surface area contributed by atoms with Gasteiger partial charge in [0.15, 0.2) is 11.5 Å². The molecule has 1 aromatic carbocycles. The van der Waals surface area contributed by atoms with E-state index in [1.807, 2.05) is 0 Å². The lowest BCUT2D eigenvalue weighted by Gasteiger charge is -2.27. The van der Waals surface area contributed by atoms with E-state index in [4.69, 9.17) is 4.74 Å². The molecule has 3 aliphatic rings. The minimum absolute atomic E-state index is 0.130. The fourth-order valence-electron chi connectivity index (χ4n) is 6.96. The van der Waals surface area contributed by atoms with E-state index in [-0.39, 0.29) is 35.7 Å². The van der Waals surface area contributed by atoms with Crippen molar-refractivity contribution in [2.45, 2.75) is 84.7 Å². The number of fused-ring (bicyclic) bond motifs is 1. The standard InChI is InChI=1S/C28H40N2O6/c1-17(29-23(33)10-8-18-7-9-21(31)22(32)16-18)25(34)30-14-5-6-20(30)26(35)36-15-12-19-11-13-28(4)24(19)27(28,2)3/h7,9,16-17,19-20,24,31-32H,5-6,8,10-15H2,1-4H3,(H,29,33). The van der Waals surface area contributed by atoms with E-state index in [0.29, 0.717) is 54.2 Å². The first-order valence-corrected chi connectivity index (χ1v) is 13.2. The van der Waals surface area contributed by atoms with Crippen molar-refractivity contribution >= 4 is 17.8 Å². The Kier molecular flexibility index (Phi) is 7.26. The van der Waals surface area contributed by atoms with Crippen LogP contribution in [0.15, 0.2) is 18.2 Å². The predicted molar refractivity (Wildman–Crippen MR) is 134 cm³/mol. The minimum Gasteiger partial charge on any atom is -0.504 e. The molecule has 1 aliphatic heterocycles. The number of aryl methyl sites for hydroxylation is 1. The van der Waals surface area contributed by atoms with E-state index in [1.54, 1.807) is 17.9 Å². The van der Waals surface area contributed by atoms with E-state index in [2.05, 4.69) is 26.1 Å². The first-order chi connectivity index (χ1) is 17.0. The number of aromatic hydroxyl groups is 2. The molecule has 0 aromatic heterocycles. The Morgan fingerprint density at radius 2 is 1.92 bits per heavy atom. The summed E-state index contributed by atoms with van der Waals surface area (Å²) >= 11 is 0. The van der Waals surface area contributed by atoms with Crippen molar-refractivity contribution in [1.82, 2.24) is 10.2 Å². The molecule has 5 unspecified atom stereocenters. The first kappa shape index (κ1) is 26.3. The summed E-state index contributed by atoms with van der Waals surface area (Å²) in [5.41, 5.74) is 1.51. The van der Waals surface area contributed by atoms with Crippen LogP contribution in [0, 0.1) is 22.7 Å². The molecule has 5 atom stereocenters. The maximum Gasteiger partial charge on any atom is 0.328 e. The molecule has 198 valence electrons. The zero-order valence-corrected chi connectivity index (χ0v) is 21.9. The van der Waals surface area contributed by atoms with Gasteiger partial charge in [0, 0.05) is 13.0 Å². The zero-order valence-electron chi connectivity index (χ0n) is 21.9. The van der Waals surface area contributed by atoms with Gasteiger partial charge in [0.05, 0.1) is 6.61 Å². The van der Waals surface area contributed by atoms with Crippen molar-refractivity contribution in [2.75, 3.05) is 13.2 Å². The van der Waals surface area contributed by atoms with Gasteiger partial charge in [-0.1, -0.05) is 26.8 Å². The Morgan fingerprint density at radius 3 is 2.58 bits per heavy atom. The lowest BCUT2D eigenvalue weighted by atomic mass is 9.88. The molecule has 2 aliphatic carbocycles. The number of carbonyl (C=O) groups excluding carboxylic acids is 3. The second kappa shape index (κ2) is 9.94. The van der Waals surface area contributed by atoms with Gasteiger partial charge in [-0.3, -0.25) is 9.59 Å². The summed E-state index contributed by atoms with van der Waals surface area (Å²) in [6, 6.07) is 3.07. The van der Waals surface area contributed by atoms with Crippen LogP contribution in [0.1, 0.15) is 71.8 Å². The topological polar surface area (TPSA) is 116 Å². The van der Waals surface area contributed by atoms with Crippen LogP contribution in [0.4, 0.5) is 0 Å². The number of nitrogens with one attached hydrogen (secondary N) is 1. The SMILES string of the molecule is CC(NC(=O)CCc1ccc(O)c(O)c1)C(=O)N1CCCC1C(=O)OCCC1CCC2(C)C1C2(C)C. The molecule has 3 N–H and O–H groups in total. The normalized spacial score (nSPS) is 28.9. The van der Waals surface area contributed by atoms with Crippen LogP contribution in [0.25, 0.3) is 0 Å². The molecular weight excluding hydrogens is 460 g/mol. The van der Waals surface area contributed by atoms with Crippen LogP contribution in [-0.2, 0) is 25.5 Å². The van der Waals surface area contributed by atoms with Gasteiger partial charge in [0.1, 0.15) is 12.1 Å². The second-order valence-corrected chi connectivity index (χ2v) is 11.7. The molecule has 1 saturated heterocycles. The summed E-state index contributed by atoms with van der Waals surface area (Å²) in [6.45, 7) is 9.56.